The van der Waals surface area contributed by atoms with E-state index in [1.54, 1.807) is 12.2 Å². The van der Waals surface area contributed by atoms with E-state index >= 15 is 0 Å². The summed E-state index contributed by atoms with van der Waals surface area (Å²) in [5.41, 5.74) is -1.32. The number of nitriles is 1. The molecule has 0 aliphatic heterocycles. The van der Waals surface area contributed by atoms with Crippen LogP contribution in [0.15, 0.2) is 35.1 Å². The number of carbonyl (C=O) groups is 2. The van der Waals surface area contributed by atoms with Crippen molar-refractivity contribution in [1.82, 2.24) is 0 Å². The largest absolute Gasteiger partial charge is 0.307 e. The zero-order valence-electron chi connectivity index (χ0n) is 14.5. The van der Waals surface area contributed by atoms with E-state index in [9.17, 15) is 14.9 Å². The molecule has 1 fully saturated rings. The molecule has 0 amide bonds. The minimum absolute atomic E-state index is 0.0595. The van der Waals surface area contributed by atoms with Crippen molar-refractivity contribution in [3.63, 3.8) is 0 Å². The van der Waals surface area contributed by atoms with Gasteiger partial charge in [-0.1, -0.05) is 32.8 Å². The molecule has 0 aromatic carbocycles. The van der Waals surface area contributed by atoms with Gasteiger partial charge in [-0.15, -0.1) is 6.42 Å². The third-order valence-corrected chi connectivity index (χ3v) is 6.17. The fourth-order valence-corrected chi connectivity index (χ4v) is 4.92. The summed E-state index contributed by atoms with van der Waals surface area (Å²) < 4.78 is 0. The highest BCUT2D eigenvalue weighted by molar-refractivity contribution is 6.09. The highest BCUT2D eigenvalue weighted by Crippen LogP contribution is 2.63. The first kappa shape index (κ1) is 16.9. The first-order valence-electron chi connectivity index (χ1n) is 8.19. The van der Waals surface area contributed by atoms with E-state index in [1.165, 1.54) is 6.08 Å². The number of rotatable bonds is 0. The van der Waals surface area contributed by atoms with Gasteiger partial charge >= 0.3 is 0 Å². The Morgan fingerprint density at radius 2 is 2.00 bits per heavy atom. The minimum Gasteiger partial charge on any atom is -0.307 e. The summed E-state index contributed by atoms with van der Waals surface area (Å²) in [6.07, 6.45) is 11.9. The predicted octanol–water partition coefficient (Wildman–Crippen LogP) is 3.39. The van der Waals surface area contributed by atoms with Gasteiger partial charge < -0.3 is 4.79 Å². The molecule has 0 saturated heterocycles. The first-order valence-corrected chi connectivity index (χ1v) is 8.19. The average molecular weight is 330 g/mol. The van der Waals surface area contributed by atoms with Crippen molar-refractivity contribution in [2.24, 2.45) is 22.2 Å². The maximum atomic E-state index is 12.7. The van der Waals surface area contributed by atoms with Crippen LogP contribution in [0.1, 0.15) is 33.6 Å². The van der Waals surface area contributed by atoms with Crippen molar-refractivity contribution in [1.29, 1.82) is 5.26 Å². The van der Waals surface area contributed by atoms with Gasteiger partial charge in [0.15, 0.2) is 11.6 Å². The molecule has 3 atom stereocenters. The highest BCUT2D eigenvalue weighted by Gasteiger charge is 2.59. The number of allylic oxidation sites excluding steroid dienone is 6. The lowest BCUT2D eigenvalue weighted by molar-refractivity contribution is -0.130. The van der Waals surface area contributed by atoms with Crippen molar-refractivity contribution in [2.45, 2.75) is 33.6 Å². The van der Waals surface area contributed by atoms with Gasteiger partial charge in [-0.3, -0.25) is 4.79 Å². The van der Waals surface area contributed by atoms with Crippen molar-refractivity contribution >= 4 is 11.6 Å². The molecule has 3 aliphatic rings. The third-order valence-electron chi connectivity index (χ3n) is 6.17. The van der Waals surface area contributed by atoms with E-state index in [1.807, 2.05) is 26.8 Å². The second-order valence-electron chi connectivity index (χ2n) is 7.77. The lowest BCUT2D eigenvalue weighted by atomic mass is 9.46. The second-order valence-corrected chi connectivity index (χ2v) is 7.77. The standard InChI is InChI=1S/C21H18N2O2/c1-6-21-8-7-16-19(2,3)18(25)14(23-5)11-20(16,4)17(21)9-15(24)13(10-21)12-22/h1,9-11,16H,7-8H2,2-4H3/t16-,20-,21?/m0/s1. The number of hydrogen-bond donors (Lipinski definition) is 0. The average Bonchev–Trinajstić information content (AvgIpc) is 2.58. The smallest absolute Gasteiger partial charge is 0.226 e. The summed E-state index contributed by atoms with van der Waals surface area (Å²) >= 11 is 0. The van der Waals surface area contributed by atoms with Crippen LogP contribution in [0.25, 0.3) is 4.85 Å². The molecule has 0 heterocycles. The zero-order valence-corrected chi connectivity index (χ0v) is 14.5. The Morgan fingerprint density at radius 3 is 2.56 bits per heavy atom. The van der Waals surface area contributed by atoms with Crippen LogP contribution in [0.4, 0.5) is 0 Å². The van der Waals surface area contributed by atoms with E-state index in [4.69, 9.17) is 13.0 Å². The summed E-state index contributed by atoms with van der Waals surface area (Å²) in [5, 5.41) is 9.22. The van der Waals surface area contributed by atoms with Crippen LogP contribution in [-0.2, 0) is 9.59 Å². The van der Waals surface area contributed by atoms with Crippen LogP contribution in [0, 0.1) is 52.4 Å². The SMILES string of the molecule is [C-]#[N+]C1=C[C@]2(C)C3=CC(=O)C(C#N)=CC3(C#C)CC[C@H]2C(C)(C)C1=O. The van der Waals surface area contributed by atoms with Gasteiger partial charge in [0.05, 0.1) is 17.6 Å². The minimum atomic E-state index is -0.815. The molecule has 1 unspecified atom stereocenters. The Kier molecular flexibility index (Phi) is 3.42. The molecule has 0 aromatic rings. The topological polar surface area (TPSA) is 62.3 Å². The molecule has 4 nitrogen and oxygen atoms in total. The first-order chi connectivity index (χ1) is 11.7. The maximum absolute atomic E-state index is 12.7. The molecular weight excluding hydrogens is 312 g/mol. The van der Waals surface area contributed by atoms with Gasteiger partial charge in [0, 0.05) is 10.8 Å². The molecule has 3 rings (SSSR count). The Hall–Kier alpha value is -2.90. The summed E-state index contributed by atoms with van der Waals surface area (Å²) in [5.74, 6) is 2.21. The number of nitrogens with zero attached hydrogens (tertiary/aromatic N) is 2. The van der Waals surface area contributed by atoms with E-state index < -0.39 is 16.2 Å². The second kappa shape index (κ2) is 5.05. The van der Waals surface area contributed by atoms with Crippen molar-refractivity contribution < 1.29 is 9.59 Å². The number of hydrogen-bond acceptors (Lipinski definition) is 3. The van der Waals surface area contributed by atoms with Crippen LogP contribution >= 0.6 is 0 Å². The Labute approximate surface area is 147 Å². The highest BCUT2D eigenvalue weighted by atomic mass is 16.1. The van der Waals surface area contributed by atoms with Gasteiger partial charge in [0.2, 0.25) is 5.70 Å². The molecule has 3 aliphatic carbocycles. The molecule has 4 heteroatoms. The van der Waals surface area contributed by atoms with Crippen molar-refractivity contribution in [3.05, 3.63) is 46.5 Å². The Balaban J connectivity index is 2.31. The normalized spacial score (nSPS) is 35.7. The van der Waals surface area contributed by atoms with Gasteiger partial charge in [0.1, 0.15) is 6.07 Å². The van der Waals surface area contributed by atoms with Gasteiger partial charge in [-0.05, 0) is 36.5 Å². The number of carbonyl (C=O) groups excluding carboxylic acids is 2. The van der Waals surface area contributed by atoms with Crippen molar-refractivity contribution in [2.75, 3.05) is 0 Å². The van der Waals surface area contributed by atoms with Crippen LogP contribution in [-0.4, -0.2) is 11.6 Å². The summed E-state index contributed by atoms with van der Waals surface area (Å²) in [6.45, 7) is 13.1. The summed E-state index contributed by atoms with van der Waals surface area (Å²) in [4.78, 5) is 28.5. The van der Waals surface area contributed by atoms with Gasteiger partial charge in [-0.2, -0.15) is 5.26 Å². The lowest BCUT2D eigenvalue weighted by Crippen LogP contribution is -2.53. The molecule has 0 bridgehead atoms. The Morgan fingerprint density at radius 1 is 1.32 bits per heavy atom. The molecule has 0 aromatic heterocycles. The summed E-state index contributed by atoms with van der Waals surface area (Å²) in [7, 11) is 0. The van der Waals surface area contributed by atoms with E-state index in [0.717, 1.165) is 5.57 Å². The number of ketones is 2. The molecule has 1 saturated carbocycles. The fourth-order valence-electron chi connectivity index (χ4n) is 4.92. The van der Waals surface area contributed by atoms with Crippen LogP contribution < -0.4 is 0 Å². The quantitative estimate of drug-likeness (QED) is 0.505. The van der Waals surface area contributed by atoms with Crippen LogP contribution in [0.2, 0.25) is 0 Å². The fraction of sp³-hybridized carbons (Fsp3) is 0.429. The zero-order chi connectivity index (χ0) is 18.6. The number of Topliss-reactive ketones (excluding diaryl/α,β-unsaturated/α-hetero) is 1. The lowest BCUT2D eigenvalue weighted by Gasteiger charge is -2.56. The van der Waals surface area contributed by atoms with E-state index in [0.29, 0.717) is 12.8 Å². The van der Waals surface area contributed by atoms with Crippen LogP contribution in [0.5, 0.6) is 0 Å². The third kappa shape index (κ3) is 2.00. The molecule has 0 N–H and O–H groups in total. The molecule has 25 heavy (non-hydrogen) atoms. The van der Waals surface area contributed by atoms with Gasteiger partial charge in [0.25, 0.3) is 0 Å². The molecule has 124 valence electrons. The number of fused-ring (bicyclic) bond motifs is 3. The predicted molar refractivity (Wildman–Crippen MR) is 92.4 cm³/mol. The van der Waals surface area contributed by atoms with E-state index in [-0.39, 0.29) is 28.8 Å². The molecule has 0 radical (unpaired) electrons. The Bertz CT molecular complexity index is 926. The van der Waals surface area contributed by atoms with Gasteiger partial charge in [-0.25, -0.2) is 4.85 Å². The van der Waals surface area contributed by atoms with Crippen molar-refractivity contribution in [3.8, 4) is 18.4 Å². The number of terminal acetylenes is 1. The molecule has 0 spiro atoms. The van der Waals surface area contributed by atoms with E-state index in [2.05, 4.69) is 10.8 Å². The monoisotopic (exact) mass is 330 g/mol. The summed E-state index contributed by atoms with van der Waals surface area (Å²) in [6, 6.07) is 1.93. The maximum Gasteiger partial charge on any atom is 0.226 e. The van der Waals surface area contributed by atoms with Crippen LogP contribution in [0.3, 0.4) is 0 Å². The molecular formula is C21H18N2O2.